The summed E-state index contributed by atoms with van der Waals surface area (Å²) < 4.78 is 11.1. The number of nitrogens with one attached hydrogen (secondary N) is 3. The first kappa shape index (κ1) is 21.6. The molecule has 0 unspecified atom stereocenters. The molecule has 1 amide bonds. The number of carbonyl (C=O) groups is 1. The molecule has 0 radical (unpaired) electrons. The molecule has 1 heterocycles. The number of aromatic nitrogens is 2. The molecule has 0 aliphatic heterocycles. The second-order valence-corrected chi connectivity index (χ2v) is 6.96. The molecule has 1 aromatic carbocycles. The maximum atomic E-state index is 12.0. The van der Waals surface area contributed by atoms with Crippen molar-refractivity contribution in [1.82, 2.24) is 20.8 Å². The van der Waals surface area contributed by atoms with Crippen LogP contribution in [0, 0.1) is 13.8 Å². The molecule has 2 aromatic rings. The number of thiocarbonyl (C=S) groups is 1. The highest BCUT2D eigenvalue weighted by molar-refractivity contribution is 9.10. The smallest absolute Gasteiger partial charge is 0.319 e. The van der Waals surface area contributed by atoms with E-state index in [1.165, 1.54) is 32.6 Å². The fourth-order valence-electron chi connectivity index (χ4n) is 2.31. The number of hydrogen-bond donors (Lipinski definition) is 3. The van der Waals surface area contributed by atoms with E-state index in [0.717, 1.165) is 21.3 Å². The lowest BCUT2D eigenvalue weighted by molar-refractivity contribution is -0.116. The Kier molecular flexibility index (Phi) is 7.70. The van der Waals surface area contributed by atoms with E-state index < -0.39 is 5.91 Å². The monoisotopic (exact) mass is 465 g/mol. The van der Waals surface area contributed by atoms with Crippen molar-refractivity contribution < 1.29 is 14.3 Å². The van der Waals surface area contributed by atoms with Crippen LogP contribution in [0.15, 0.2) is 28.9 Å². The molecule has 10 heteroatoms. The number of benzene rings is 1. The van der Waals surface area contributed by atoms with E-state index >= 15 is 0 Å². The van der Waals surface area contributed by atoms with Gasteiger partial charge in [-0.2, -0.15) is 4.98 Å². The van der Waals surface area contributed by atoms with Gasteiger partial charge in [0.1, 0.15) is 0 Å². The molecule has 0 aliphatic rings. The number of nitrogens with zero attached hydrogens (tertiary/aromatic N) is 2. The number of rotatable bonds is 5. The molecule has 0 fully saturated rings. The minimum atomic E-state index is -0.411. The number of anilines is 1. The third-order valence-corrected chi connectivity index (χ3v) is 4.25. The lowest BCUT2D eigenvalue weighted by atomic mass is 10.1. The normalized spacial score (nSPS) is 10.5. The third kappa shape index (κ3) is 5.89. The standard InChI is InChI=1S/C18H20BrN5O3S/c1-10-7-13(19)8-11(2)15(10)21-18(28)24-23-14(25)6-5-12-9-20-17(27-4)22-16(12)26-3/h5-9H,1-4H3,(H,23,25)(H2,21,24,28). The Morgan fingerprint density at radius 1 is 1.18 bits per heavy atom. The number of ether oxygens (including phenoxy) is 2. The van der Waals surface area contributed by atoms with E-state index in [0.29, 0.717) is 11.4 Å². The maximum absolute atomic E-state index is 12.0. The molecular weight excluding hydrogens is 446 g/mol. The van der Waals surface area contributed by atoms with Crippen LogP contribution in [0.1, 0.15) is 16.7 Å². The molecule has 3 N–H and O–H groups in total. The summed E-state index contributed by atoms with van der Waals surface area (Å²) in [6.45, 7) is 3.93. The summed E-state index contributed by atoms with van der Waals surface area (Å²) in [5.41, 5.74) is 8.60. The lowest BCUT2D eigenvalue weighted by Gasteiger charge is -2.15. The van der Waals surface area contributed by atoms with Crippen molar-refractivity contribution in [3.8, 4) is 11.9 Å². The summed E-state index contributed by atoms with van der Waals surface area (Å²) in [7, 11) is 2.93. The quantitative estimate of drug-likeness (QED) is 0.352. The van der Waals surface area contributed by atoms with Gasteiger partial charge in [-0.1, -0.05) is 15.9 Å². The molecule has 0 saturated carbocycles. The van der Waals surface area contributed by atoms with Gasteiger partial charge in [0.15, 0.2) is 5.11 Å². The van der Waals surface area contributed by atoms with E-state index in [9.17, 15) is 4.79 Å². The van der Waals surface area contributed by atoms with Gasteiger partial charge < -0.3 is 14.8 Å². The number of amides is 1. The van der Waals surface area contributed by atoms with Crippen LogP contribution in [-0.2, 0) is 4.79 Å². The molecule has 148 valence electrons. The SMILES string of the molecule is COc1ncc(C=CC(=O)NNC(=S)Nc2c(C)cc(Br)cc2C)c(OC)n1. The Morgan fingerprint density at radius 2 is 1.86 bits per heavy atom. The Bertz CT molecular complexity index is 897. The first-order valence-corrected chi connectivity index (χ1v) is 9.31. The summed E-state index contributed by atoms with van der Waals surface area (Å²) in [6, 6.07) is 4.13. The number of methoxy groups -OCH3 is 2. The number of halogens is 1. The summed E-state index contributed by atoms with van der Waals surface area (Å²) in [5.74, 6) is -0.117. The Hall–Kier alpha value is -2.72. The van der Waals surface area contributed by atoms with Crippen molar-refractivity contribution in [2.45, 2.75) is 13.8 Å². The third-order valence-electron chi connectivity index (χ3n) is 3.58. The van der Waals surface area contributed by atoms with Crippen molar-refractivity contribution in [2.75, 3.05) is 19.5 Å². The van der Waals surface area contributed by atoms with Gasteiger partial charge in [0, 0.05) is 22.4 Å². The molecule has 0 atom stereocenters. The van der Waals surface area contributed by atoms with Gasteiger partial charge >= 0.3 is 6.01 Å². The van der Waals surface area contributed by atoms with Crippen LogP contribution in [-0.4, -0.2) is 35.2 Å². The van der Waals surface area contributed by atoms with Crippen LogP contribution >= 0.6 is 28.1 Å². The Balaban J connectivity index is 1.94. The van der Waals surface area contributed by atoms with Crippen LogP contribution in [0.2, 0.25) is 0 Å². The largest absolute Gasteiger partial charge is 0.480 e. The molecule has 2 rings (SSSR count). The average molecular weight is 466 g/mol. The average Bonchev–Trinajstić information content (AvgIpc) is 2.67. The topological polar surface area (TPSA) is 97.4 Å². The highest BCUT2D eigenvalue weighted by Crippen LogP contribution is 2.25. The first-order chi connectivity index (χ1) is 13.3. The van der Waals surface area contributed by atoms with Crippen molar-refractivity contribution in [3.63, 3.8) is 0 Å². The van der Waals surface area contributed by atoms with Crippen LogP contribution in [0.3, 0.4) is 0 Å². The minimum Gasteiger partial charge on any atom is -0.480 e. The Labute approximate surface area is 176 Å². The number of aryl methyl sites for hydroxylation is 2. The van der Waals surface area contributed by atoms with Gasteiger partial charge in [-0.05, 0) is 55.4 Å². The van der Waals surface area contributed by atoms with Crippen LogP contribution in [0.25, 0.3) is 6.08 Å². The van der Waals surface area contributed by atoms with Crippen LogP contribution in [0.4, 0.5) is 5.69 Å². The second-order valence-electron chi connectivity index (χ2n) is 5.64. The van der Waals surface area contributed by atoms with Gasteiger partial charge in [0.25, 0.3) is 5.91 Å². The molecule has 1 aromatic heterocycles. The molecule has 28 heavy (non-hydrogen) atoms. The van der Waals surface area contributed by atoms with Gasteiger partial charge in [0.2, 0.25) is 5.88 Å². The van der Waals surface area contributed by atoms with Crippen molar-refractivity contribution in [2.24, 2.45) is 0 Å². The van der Waals surface area contributed by atoms with Gasteiger partial charge in [-0.25, -0.2) is 4.98 Å². The predicted octanol–water partition coefficient (Wildman–Crippen LogP) is 2.90. The first-order valence-electron chi connectivity index (χ1n) is 8.11. The van der Waals surface area contributed by atoms with Gasteiger partial charge in [-0.3, -0.25) is 15.6 Å². The van der Waals surface area contributed by atoms with E-state index in [1.54, 1.807) is 0 Å². The fraction of sp³-hybridized carbons (Fsp3) is 0.222. The number of carbonyl (C=O) groups excluding carboxylic acids is 1. The molecule has 8 nitrogen and oxygen atoms in total. The Morgan fingerprint density at radius 3 is 2.46 bits per heavy atom. The predicted molar refractivity (Wildman–Crippen MR) is 115 cm³/mol. The van der Waals surface area contributed by atoms with E-state index in [2.05, 4.69) is 42.1 Å². The zero-order chi connectivity index (χ0) is 20.7. The molecule has 0 aliphatic carbocycles. The summed E-state index contributed by atoms with van der Waals surface area (Å²) in [5, 5.41) is 3.34. The molecule has 0 saturated heterocycles. The van der Waals surface area contributed by atoms with Crippen LogP contribution in [0.5, 0.6) is 11.9 Å². The van der Waals surface area contributed by atoms with Crippen molar-refractivity contribution in [3.05, 3.63) is 45.6 Å². The highest BCUT2D eigenvalue weighted by atomic mass is 79.9. The second kappa shape index (κ2) is 10.00. The number of hydrogen-bond acceptors (Lipinski definition) is 6. The zero-order valence-electron chi connectivity index (χ0n) is 15.8. The van der Waals surface area contributed by atoms with E-state index in [-0.39, 0.29) is 11.1 Å². The fourth-order valence-corrected chi connectivity index (χ4v) is 3.15. The van der Waals surface area contributed by atoms with E-state index in [4.69, 9.17) is 21.7 Å². The summed E-state index contributed by atoms with van der Waals surface area (Å²) >= 11 is 8.68. The minimum absolute atomic E-state index is 0.176. The van der Waals surface area contributed by atoms with Crippen LogP contribution < -0.4 is 25.6 Å². The highest BCUT2D eigenvalue weighted by Gasteiger charge is 2.08. The maximum Gasteiger partial charge on any atom is 0.319 e. The summed E-state index contributed by atoms with van der Waals surface area (Å²) in [4.78, 5) is 20.0. The molecule has 0 spiro atoms. The van der Waals surface area contributed by atoms with Gasteiger partial charge in [-0.15, -0.1) is 0 Å². The van der Waals surface area contributed by atoms with Crippen molar-refractivity contribution in [1.29, 1.82) is 0 Å². The lowest BCUT2D eigenvalue weighted by Crippen LogP contribution is -2.43. The van der Waals surface area contributed by atoms with E-state index in [1.807, 2.05) is 26.0 Å². The molecule has 0 bridgehead atoms. The van der Waals surface area contributed by atoms with Crippen molar-refractivity contribution >= 4 is 50.9 Å². The summed E-state index contributed by atoms with van der Waals surface area (Å²) in [6.07, 6.45) is 4.32. The molecular formula is C18H20BrN5O3S. The zero-order valence-corrected chi connectivity index (χ0v) is 18.2. The number of hydrazine groups is 1. The van der Waals surface area contributed by atoms with Gasteiger partial charge in [0.05, 0.1) is 19.8 Å².